The van der Waals surface area contributed by atoms with E-state index in [1.807, 2.05) is 0 Å². The molecular formula is C11H14ClF3N2O. The van der Waals surface area contributed by atoms with E-state index in [4.69, 9.17) is 16.0 Å². The molecule has 0 aromatic carbocycles. The van der Waals surface area contributed by atoms with Gasteiger partial charge in [0.25, 0.3) is 0 Å². The van der Waals surface area contributed by atoms with E-state index in [1.165, 1.54) is 0 Å². The number of nitrogens with zero attached hydrogens (tertiary/aromatic N) is 2. The van der Waals surface area contributed by atoms with E-state index < -0.39 is 17.5 Å². The van der Waals surface area contributed by atoms with Gasteiger partial charge in [-0.2, -0.15) is 13.2 Å². The number of alkyl halides is 4. The van der Waals surface area contributed by atoms with Crippen LogP contribution < -0.4 is 0 Å². The molecule has 0 aliphatic heterocycles. The largest absolute Gasteiger partial charge is 0.423 e. The number of hydrogen-bond donors (Lipinski definition) is 0. The van der Waals surface area contributed by atoms with Crippen LogP contribution in [0, 0.1) is 5.92 Å². The topological polar surface area (TPSA) is 38.9 Å². The van der Waals surface area contributed by atoms with E-state index >= 15 is 0 Å². The van der Waals surface area contributed by atoms with Crippen LogP contribution in [0.3, 0.4) is 0 Å². The van der Waals surface area contributed by atoms with Crippen molar-refractivity contribution >= 4 is 11.6 Å². The monoisotopic (exact) mass is 282 g/mol. The molecule has 102 valence electrons. The van der Waals surface area contributed by atoms with Crippen LogP contribution in [0.15, 0.2) is 4.42 Å². The van der Waals surface area contributed by atoms with Gasteiger partial charge in [-0.3, -0.25) is 0 Å². The second-order valence-electron chi connectivity index (χ2n) is 4.70. The molecule has 7 heteroatoms. The van der Waals surface area contributed by atoms with E-state index in [9.17, 15) is 13.2 Å². The van der Waals surface area contributed by atoms with Crippen LogP contribution in [-0.4, -0.2) is 16.4 Å². The zero-order valence-corrected chi connectivity index (χ0v) is 10.6. The van der Waals surface area contributed by atoms with E-state index in [0.717, 1.165) is 0 Å². The molecule has 1 aliphatic rings. The second kappa shape index (κ2) is 5.07. The minimum atomic E-state index is -4.14. The maximum Gasteiger partial charge on any atom is 0.391 e. The van der Waals surface area contributed by atoms with Crippen molar-refractivity contribution in [3.8, 4) is 0 Å². The Balaban J connectivity index is 2.08. The molecule has 1 saturated carbocycles. The van der Waals surface area contributed by atoms with Crippen molar-refractivity contribution in [2.24, 2.45) is 5.92 Å². The Hall–Kier alpha value is -0.780. The normalized spacial score (nSPS) is 27.2. The lowest BCUT2D eigenvalue weighted by molar-refractivity contribution is -0.183. The van der Waals surface area contributed by atoms with Gasteiger partial charge in [0, 0.05) is 5.92 Å². The summed E-state index contributed by atoms with van der Waals surface area (Å²) in [5, 5.41) is 7.13. The van der Waals surface area contributed by atoms with E-state index in [2.05, 4.69) is 10.2 Å². The van der Waals surface area contributed by atoms with E-state index in [0.29, 0.717) is 12.8 Å². The molecule has 1 fully saturated rings. The first-order valence-electron chi connectivity index (χ1n) is 5.92. The summed E-state index contributed by atoms with van der Waals surface area (Å²) in [5.74, 6) is -1.02. The summed E-state index contributed by atoms with van der Waals surface area (Å²) in [6, 6.07) is 0. The van der Waals surface area contributed by atoms with E-state index in [-0.39, 0.29) is 30.5 Å². The average Bonchev–Trinajstić information content (AvgIpc) is 2.77. The van der Waals surface area contributed by atoms with Crippen LogP contribution in [0.5, 0.6) is 0 Å². The Kier molecular flexibility index (Phi) is 3.84. The molecule has 0 spiro atoms. The van der Waals surface area contributed by atoms with Gasteiger partial charge in [0.2, 0.25) is 11.8 Å². The quantitative estimate of drug-likeness (QED) is 0.763. The Morgan fingerprint density at radius 1 is 1.33 bits per heavy atom. The van der Waals surface area contributed by atoms with Crippen molar-refractivity contribution in [1.82, 2.24) is 10.2 Å². The average molecular weight is 283 g/mol. The molecule has 0 radical (unpaired) electrons. The summed E-state index contributed by atoms with van der Waals surface area (Å²) in [7, 11) is 0. The highest BCUT2D eigenvalue weighted by Crippen LogP contribution is 2.43. The molecule has 2 rings (SSSR count). The van der Waals surface area contributed by atoms with Gasteiger partial charge in [-0.15, -0.1) is 21.8 Å². The summed E-state index contributed by atoms with van der Waals surface area (Å²) in [6.07, 6.45) is -2.73. The molecule has 0 saturated heterocycles. The van der Waals surface area contributed by atoms with Gasteiger partial charge in [-0.1, -0.05) is 6.42 Å². The zero-order valence-electron chi connectivity index (χ0n) is 9.88. The number of hydrogen-bond acceptors (Lipinski definition) is 3. The van der Waals surface area contributed by atoms with Crippen molar-refractivity contribution in [3.63, 3.8) is 0 Å². The molecule has 1 aromatic heterocycles. The molecule has 0 amide bonds. The van der Waals surface area contributed by atoms with Gasteiger partial charge in [-0.05, 0) is 26.2 Å². The second-order valence-corrected chi connectivity index (χ2v) is 5.35. The molecule has 3 atom stereocenters. The molecule has 0 N–H and O–H groups in total. The van der Waals surface area contributed by atoms with Crippen molar-refractivity contribution in [2.75, 3.05) is 0 Å². The minimum absolute atomic E-state index is 0.0296. The number of rotatable bonds is 2. The third-order valence-electron chi connectivity index (χ3n) is 3.28. The number of aromatic nitrogens is 2. The molecule has 3 unspecified atom stereocenters. The fraction of sp³-hybridized carbons (Fsp3) is 0.818. The molecule has 1 heterocycles. The van der Waals surface area contributed by atoms with Crippen molar-refractivity contribution in [3.05, 3.63) is 11.8 Å². The molecule has 3 nitrogen and oxygen atoms in total. The standard InChI is InChI=1S/C11H14ClF3N2O/c1-6(12)9-16-17-10(18-9)7-3-2-4-8(5-7)11(13,14)15/h6-8H,2-5H2,1H3. The predicted octanol–water partition coefficient (Wildman–Crippen LogP) is 4.21. The van der Waals surface area contributed by atoms with Gasteiger partial charge in [0.05, 0.1) is 5.92 Å². The van der Waals surface area contributed by atoms with Crippen LogP contribution in [-0.2, 0) is 0 Å². The minimum Gasteiger partial charge on any atom is -0.423 e. The van der Waals surface area contributed by atoms with Gasteiger partial charge in [0.15, 0.2) is 0 Å². The summed E-state index contributed by atoms with van der Waals surface area (Å²) in [5.41, 5.74) is 0. The van der Waals surface area contributed by atoms with Gasteiger partial charge in [-0.25, -0.2) is 0 Å². The van der Waals surface area contributed by atoms with Gasteiger partial charge in [0.1, 0.15) is 5.38 Å². The smallest absolute Gasteiger partial charge is 0.391 e. The van der Waals surface area contributed by atoms with Gasteiger partial charge >= 0.3 is 6.18 Å². The third kappa shape index (κ3) is 2.96. The van der Waals surface area contributed by atoms with Crippen LogP contribution >= 0.6 is 11.6 Å². The molecule has 18 heavy (non-hydrogen) atoms. The first-order valence-corrected chi connectivity index (χ1v) is 6.35. The predicted molar refractivity (Wildman–Crippen MR) is 59.3 cm³/mol. The lowest BCUT2D eigenvalue weighted by Crippen LogP contribution is -2.28. The Morgan fingerprint density at radius 2 is 2.06 bits per heavy atom. The lowest BCUT2D eigenvalue weighted by atomic mass is 9.81. The van der Waals surface area contributed by atoms with Crippen LogP contribution in [0.2, 0.25) is 0 Å². The molecular weight excluding hydrogens is 269 g/mol. The number of halogens is 4. The Labute approximate surface area is 108 Å². The lowest BCUT2D eigenvalue weighted by Gasteiger charge is -2.28. The van der Waals surface area contributed by atoms with E-state index in [1.54, 1.807) is 6.92 Å². The molecule has 1 aliphatic carbocycles. The van der Waals surface area contributed by atoms with Crippen molar-refractivity contribution in [2.45, 2.75) is 50.1 Å². The SMILES string of the molecule is CC(Cl)c1nnc(C2CCCC(C(F)(F)F)C2)o1. The Bertz CT molecular complexity index is 405. The highest BCUT2D eigenvalue weighted by molar-refractivity contribution is 6.20. The molecule has 1 aromatic rings. The first-order chi connectivity index (χ1) is 8.38. The Morgan fingerprint density at radius 3 is 2.61 bits per heavy atom. The fourth-order valence-corrected chi connectivity index (χ4v) is 2.37. The van der Waals surface area contributed by atoms with Gasteiger partial charge < -0.3 is 4.42 Å². The summed E-state index contributed by atoms with van der Waals surface area (Å²) in [4.78, 5) is 0. The molecule has 0 bridgehead atoms. The van der Waals surface area contributed by atoms with Crippen molar-refractivity contribution < 1.29 is 17.6 Å². The highest BCUT2D eigenvalue weighted by atomic mass is 35.5. The fourth-order valence-electron chi connectivity index (χ4n) is 2.28. The first kappa shape index (κ1) is 13.6. The highest BCUT2D eigenvalue weighted by Gasteiger charge is 2.43. The van der Waals surface area contributed by atoms with Crippen LogP contribution in [0.4, 0.5) is 13.2 Å². The summed E-state index contributed by atoms with van der Waals surface area (Å²) >= 11 is 5.78. The van der Waals surface area contributed by atoms with Crippen LogP contribution in [0.1, 0.15) is 55.7 Å². The maximum atomic E-state index is 12.7. The summed E-state index contributed by atoms with van der Waals surface area (Å²) in [6.45, 7) is 1.68. The maximum absolute atomic E-state index is 12.7. The third-order valence-corrected chi connectivity index (χ3v) is 3.47. The zero-order chi connectivity index (χ0) is 13.3. The summed E-state index contributed by atoms with van der Waals surface area (Å²) < 4.78 is 43.4. The van der Waals surface area contributed by atoms with Crippen molar-refractivity contribution in [1.29, 1.82) is 0 Å². The van der Waals surface area contributed by atoms with Crippen LogP contribution in [0.25, 0.3) is 0 Å².